The minimum Gasteiger partial charge on any atom is -0.381 e. The Morgan fingerprint density at radius 2 is 1.73 bits per heavy atom. The van der Waals surface area contributed by atoms with Crippen molar-refractivity contribution in [3.63, 3.8) is 0 Å². The first-order chi connectivity index (χ1) is 15.4. The largest absolute Gasteiger partial charge is 0.446 e. The number of aryl methyl sites for hydroxylation is 1. The van der Waals surface area contributed by atoms with Gasteiger partial charge < -0.3 is 4.74 Å². The molecule has 0 heterocycles. The normalized spacial score (nSPS) is 11.9. The zero-order valence-electron chi connectivity index (χ0n) is 18.3. The molecule has 2 unspecified atom stereocenters. The maximum absolute atomic E-state index is 13.4. The van der Waals surface area contributed by atoms with Crippen molar-refractivity contribution in [3.05, 3.63) is 59.2 Å². The number of nitrogens with one attached hydrogen (secondary N) is 1. The molecule has 0 saturated heterocycles. The van der Waals surface area contributed by atoms with Crippen LogP contribution in [0.3, 0.4) is 0 Å². The third kappa shape index (κ3) is 10.2. The molecule has 0 saturated carbocycles. The lowest BCUT2D eigenvalue weighted by Gasteiger charge is -2.14. The molecule has 1 N–H and O–H groups in total. The molecule has 2 aromatic rings. The lowest BCUT2D eigenvalue weighted by Crippen LogP contribution is -2.38. The van der Waals surface area contributed by atoms with Gasteiger partial charge in [0.25, 0.3) is 5.91 Å². The van der Waals surface area contributed by atoms with Gasteiger partial charge in [-0.2, -0.15) is 13.2 Å². The molecule has 33 heavy (non-hydrogen) atoms. The quantitative estimate of drug-likeness (QED) is 0.309. The van der Waals surface area contributed by atoms with E-state index in [1.165, 1.54) is 12.1 Å². The molecule has 0 fully saturated rings. The Kier molecular flexibility index (Phi) is 12.0. The van der Waals surface area contributed by atoms with Crippen molar-refractivity contribution < 1.29 is 36.3 Å². The van der Waals surface area contributed by atoms with Crippen molar-refractivity contribution in [1.29, 1.82) is 0 Å². The molecule has 0 aromatic heterocycles. The molecule has 11 heteroatoms. The topological polar surface area (TPSA) is 55.4 Å². The summed E-state index contributed by atoms with van der Waals surface area (Å²) in [7, 11) is 2.41. The van der Waals surface area contributed by atoms with Gasteiger partial charge in [-0.3, -0.25) is 14.9 Å². The Labute approximate surface area is 195 Å². The zero-order valence-corrected chi connectivity index (χ0v) is 20.2. The van der Waals surface area contributed by atoms with Gasteiger partial charge in [0.2, 0.25) is 5.91 Å². The first kappa shape index (κ1) is 29.0. The first-order valence-electron chi connectivity index (χ1n) is 9.88. The van der Waals surface area contributed by atoms with Gasteiger partial charge >= 0.3 is 5.51 Å². The number of rotatable bonds is 7. The van der Waals surface area contributed by atoms with Crippen LogP contribution in [0.4, 0.5) is 22.0 Å². The molecular formula is C22H25F5NO3PS. The van der Waals surface area contributed by atoms with Crippen molar-refractivity contribution in [2.45, 2.75) is 37.6 Å². The summed E-state index contributed by atoms with van der Waals surface area (Å²) in [4.78, 5) is 23.8. The summed E-state index contributed by atoms with van der Waals surface area (Å²) in [5.74, 6) is -4.23. The van der Waals surface area contributed by atoms with Gasteiger partial charge in [0.15, 0.2) is 0 Å². The van der Waals surface area contributed by atoms with Crippen LogP contribution in [0, 0.1) is 24.5 Å². The van der Waals surface area contributed by atoms with E-state index in [1.807, 2.05) is 12.2 Å². The summed E-state index contributed by atoms with van der Waals surface area (Å²) in [6, 6.07) is 7.72. The van der Waals surface area contributed by atoms with E-state index in [0.717, 1.165) is 29.1 Å². The lowest BCUT2D eigenvalue weighted by atomic mass is 10.1. The van der Waals surface area contributed by atoms with Gasteiger partial charge in [-0.25, -0.2) is 8.78 Å². The van der Waals surface area contributed by atoms with Crippen LogP contribution in [0.2, 0.25) is 0 Å². The first-order valence-corrected chi connectivity index (χ1v) is 11.3. The van der Waals surface area contributed by atoms with Crippen LogP contribution >= 0.6 is 21.0 Å². The Morgan fingerprint density at radius 1 is 1.12 bits per heavy atom. The van der Waals surface area contributed by atoms with Gasteiger partial charge in [0.1, 0.15) is 17.2 Å². The maximum Gasteiger partial charge on any atom is 0.446 e. The van der Waals surface area contributed by atoms with E-state index in [0.29, 0.717) is 13.0 Å². The number of benzene rings is 2. The molecule has 4 nitrogen and oxygen atoms in total. The van der Waals surface area contributed by atoms with Gasteiger partial charge in [-0.05, 0) is 67.2 Å². The number of carbonyl (C=O) groups excluding carboxylic acids is 2. The van der Waals surface area contributed by atoms with Crippen LogP contribution < -0.4 is 10.6 Å². The Balaban J connectivity index is 0.000000361. The standard InChI is InChI=1S/C14H17F2NO3.C8H8F3PS/c1-3-9(8-20-4-2)13(18)17-14(19)12-10(15)6-5-7-11(12)16;1-5-2-3-6(4-7(5)12)13-8(9,10)11/h5-7,9H,3-4,8H2,1-2H3,(H,17,18,19);2-4H,12H2,1H3. The van der Waals surface area contributed by atoms with E-state index in [1.54, 1.807) is 19.9 Å². The fourth-order valence-corrected chi connectivity index (χ4v) is 3.43. The molecule has 0 bridgehead atoms. The molecule has 0 radical (unpaired) electrons. The van der Waals surface area contributed by atoms with Gasteiger partial charge in [0.05, 0.1) is 12.5 Å². The molecule has 0 spiro atoms. The number of imide groups is 1. The summed E-state index contributed by atoms with van der Waals surface area (Å²) in [6.07, 6.45) is 0.457. The van der Waals surface area contributed by atoms with E-state index in [-0.39, 0.29) is 23.3 Å². The predicted molar refractivity (Wildman–Crippen MR) is 122 cm³/mol. The van der Waals surface area contributed by atoms with E-state index >= 15 is 0 Å². The second kappa shape index (κ2) is 13.6. The molecule has 0 aliphatic rings. The third-order valence-electron chi connectivity index (χ3n) is 4.30. The molecule has 2 amide bonds. The molecule has 182 valence electrons. The predicted octanol–water partition coefficient (Wildman–Crippen LogP) is 5.39. The van der Waals surface area contributed by atoms with Crippen LogP contribution in [0.1, 0.15) is 36.2 Å². The average molecular weight is 509 g/mol. The summed E-state index contributed by atoms with van der Waals surface area (Å²) in [6.45, 7) is 6.00. The zero-order chi connectivity index (χ0) is 25.2. The minimum atomic E-state index is -4.20. The highest BCUT2D eigenvalue weighted by molar-refractivity contribution is 8.00. The second-order valence-electron chi connectivity index (χ2n) is 6.75. The van der Waals surface area contributed by atoms with Gasteiger partial charge in [0, 0.05) is 11.5 Å². The van der Waals surface area contributed by atoms with Crippen LogP contribution in [-0.4, -0.2) is 30.5 Å². The highest BCUT2D eigenvalue weighted by atomic mass is 32.2. The number of carbonyl (C=O) groups is 2. The third-order valence-corrected chi connectivity index (χ3v) is 5.64. The Hall–Kier alpha value is -2.03. The van der Waals surface area contributed by atoms with E-state index in [4.69, 9.17) is 4.74 Å². The average Bonchev–Trinajstić information content (AvgIpc) is 2.70. The summed E-state index contributed by atoms with van der Waals surface area (Å²) in [5.41, 5.74) is -3.99. The SMILES string of the molecule is CCOCC(CC)C(=O)NC(=O)c1c(F)cccc1F.Cc1ccc(SC(F)(F)F)cc1P. The molecule has 2 aromatic carbocycles. The number of alkyl halides is 3. The number of amides is 2. The van der Waals surface area contributed by atoms with Gasteiger partial charge in [-0.15, -0.1) is 9.24 Å². The number of ether oxygens (including phenoxy) is 1. The fraction of sp³-hybridized carbons (Fsp3) is 0.364. The molecule has 0 aliphatic heterocycles. The number of halogens is 5. The van der Waals surface area contributed by atoms with Crippen molar-refractivity contribution in [2.75, 3.05) is 13.2 Å². The van der Waals surface area contributed by atoms with E-state index < -0.39 is 40.4 Å². The second-order valence-corrected chi connectivity index (χ2v) is 8.51. The number of hydrogen-bond donors (Lipinski definition) is 1. The number of thioether (sulfide) groups is 1. The number of hydrogen-bond acceptors (Lipinski definition) is 4. The maximum atomic E-state index is 13.4. The summed E-state index contributed by atoms with van der Waals surface area (Å²) < 4.78 is 67.7. The summed E-state index contributed by atoms with van der Waals surface area (Å²) in [5, 5.41) is 2.80. The lowest BCUT2D eigenvalue weighted by molar-refractivity contribution is -0.126. The molecular weight excluding hydrogens is 484 g/mol. The van der Waals surface area contributed by atoms with Crippen molar-refractivity contribution in [3.8, 4) is 0 Å². The fourth-order valence-electron chi connectivity index (χ4n) is 2.45. The van der Waals surface area contributed by atoms with E-state index in [2.05, 4.69) is 9.24 Å². The molecule has 2 atom stereocenters. The monoisotopic (exact) mass is 509 g/mol. The van der Waals surface area contributed by atoms with Crippen LogP contribution in [0.5, 0.6) is 0 Å². The van der Waals surface area contributed by atoms with E-state index in [9.17, 15) is 31.5 Å². The van der Waals surface area contributed by atoms with Crippen molar-refractivity contribution in [1.82, 2.24) is 5.32 Å². The van der Waals surface area contributed by atoms with Crippen LogP contribution in [0.15, 0.2) is 41.3 Å². The highest BCUT2D eigenvalue weighted by Gasteiger charge is 2.29. The van der Waals surface area contributed by atoms with Crippen molar-refractivity contribution in [2.24, 2.45) is 5.92 Å². The van der Waals surface area contributed by atoms with Crippen LogP contribution in [0.25, 0.3) is 0 Å². The van der Waals surface area contributed by atoms with Gasteiger partial charge in [-0.1, -0.05) is 19.1 Å². The Bertz CT molecular complexity index is 936. The van der Waals surface area contributed by atoms with Crippen LogP contribution in [-0.2, 0) is 9.53 Å². The summed E-state index contributed by atoms with van der Waals surface area (Å²) >= 11 is -0.0897. The highest BCUT2D eigenvalue weighted by Crippen LogP contribution is 2.36. The smallest absolute Gasteiger partial charge is 0.381 e. The Morgan fingerprint density at radius 3 is 2.21 bits per heavy atom. The molecule has 0 aliphatic carbocycles. The van der Waals surface area contributed by atoms with Crippen molar-refractivity contribution >= 4 is 38.1 Å². The molecule has 2 rings (SSSR count). The minimum absolute atomic E-state index is 0.0897.